The van der Waals surface area contributed by atoms with Crippen LogP contribution in [0.1, 0.15) is 13.3 Å². The first kappa shape index (κ1) is 9.90. The summed E-state index contributed by atoms with van der Waals surface area (Å²) in [6.45, 7) is 3.35. The number of anilines is 2. The third kappa shape index (κ3) is 1.85. The van der Waals surface area contributed by atoms with Crippen molar-refractivity contribution in [3.8, 4) is 0 Å². The van der Waals surface area contributed by atoms with Crippen molar-refractivity contribution in [3.05, 3.63) is 18.2 Å². The summed E-state index contributed by atoms with van der Waals surface area (Å²) in [7, 11) is 0. The lowest BCUT2D eigenvalue weighted by atomic mass is 10.3. The van der Waals surface area contributed by atoms with Crippen LogP contribution in [0.2, 0.25) is 0 Å². The highest BCUT2D eigenvalue weighted by molar-refractivity contribution is 7.22. The van der Waals surface area contributed by atoms with Crippen LogP contribution >= 0.6 is 11.3 Å². The van der Waals surface area contributed by atoms with Gasteiger partial charge in [-0.3, -0.25) is 0 Å². The summed E-state index contributed by atoms with van der Waals surface area (Å²) in [5.41, 5.74) is 7.58. The Bertz CT molecular complexity index is 520. The molecule has 1 saturated carbocycles. The number of thiazole rings is 1. The van der Waals surface area contributed by atoms with Crippen molar-refractivity contribution in [2.45, 2.75) is 13.3 Å². The van der Waals surface area contributed by atoms with Crippen molar-refractivity contribution < 1.29 is 0 Å². The van der Waals surface area contributed by atoms with Gasteiger partial charge in [-0.2, -0.15) is 0 Å². The quantitative estimate of drug-likeness (QED) is 0.801. The van der Waals surface area contributed by atoms with E-state index in [9.17, 15) is 0 Å². The van der Waals surface area contributed by atoms with Crippen molar-refractivity contribution in [3.63, 3.8) is 0 Å². The lowest BCUT2D eigenvalue weighted by Crippen LogP contribution is -2.03. The zero-order valence-corrected chi connectivity index (χ0v) is 10.1. The Kier molecular flexibility index (Phi) is 2.24. The summed E-state index contributed by atoms with van der Waals surface area (Å²) in [5, 5.41) is 4.43. The van der Waals surface area contributed by atoms with Crippen LogP contribution in [0.15, 0.2) is 18.2 Å². The Morgan fingerprint density at radius 3 is 3.12 bits per heavy atom. The van der Waals surface area contributed by atoms with Gasteiger partial charge in [0.15, 0.2) is 5.13 Å². The van der Waals surface area contributed by atoms with Gasteiger partial charge in [0.05, 0.1) is 10.2 Å². The molecular weight excluding hydrogens is 218 g/mol. The summed E-state index contributed by atoms with van der Waals surface area (Å²) in [5.74, 6) is 1.73. The summed E-state index contributed by atoms with van der Waals surface area (Å²) >= 11 is 1.68. The van der Waals surface area contributed by atoms with Crippen molar-refractivity contribution >= 4 is 32.4 Å². The minimum absolute atomic E-state index is 0.804. The third-order valence-electron chi connectivity index (χ3n) is 3.20. The zero-order chi connectivity index (χ0) is 11.1. The Balaban J connectivity index is 1.77. The molecule has 16 heavy (non-hydrogen) atoms. The van der Waals surface area contributed by atoms with Crippen LogP contribution in [0.3, 0.4) is 0 Å². The van der Waals surface area contributed by atoms with Crippen LogP contribution < -0.4 is 11.1 Å². The molecule has 2 unspecified atom stereocenters. The number of nitrogen functional groups attached to an aromatic ring is 1. The monoisotopic (exact) mass is 233 g/mol. The van der Waals surface area contributed by atoms with Crippen LogP contribution in [0, 0.1) is 11.8 Å². The van der Waals surface area contributed by atoms with E-state index in [0.29, 0.717) is 0 Å². The molecule has 3 N–H and O–H groups in total. The fraction of sp³-hybridized carbons (Fsp3) is 0.417. The van der Waals surface area contributed by atoms with Crippen LogP contribution in [-0.2, 0) is 0 Å². The Morgan fingerprint density at radius 1 is 1.56 bits per heavy atom. The van der Waals surface area contributed by atoms with E-state index in [1.54, 1.807) is 11.3 Å². The highest BCUT2D eigenvalue weighted by Gasteiger charge is 2.32. The van der Waals surface area contributed by atoms with Gasteiger partial charge < -0.3 is 11.1 Å². The average Bonchev–Trinajstić information content (AvgIpc) is 2.81. The smallest absolute Gasteiger partial charge is 0.183 e. The standard InChI is InChI=1S/C12H15N3S/c1-7-4-8(7)6-14-12-15-10-3-2-9(13)5-11(10)16-12/h2-3,5,7-8H,4,6,13H2,1H3,(H,14,15). The van der Waals surface area contributed by atoms with E-state index >= 15 is 0 Å². The molecule has 2 atom stereocenters. The maximum Gasteiger partial charge on any atom is 0.183 e. The Hall–Kier alpha value is -1.29. The SMILES string of the molecule is CC1CC1CNc1nc2ccc(N)cc2s1. The predicted molar refractivity (Wildman–Crippen MR) is 69.8 cm³/mol. The molecule has 2 aromatic rings. The van der Waals surface area contributed by atoms with Crippen molar-refractivity contribution in [2.24, 2.45) is 11.8 Å². The Labute approximate surface area is 98.7 Å². The van der Waals surface area contributed by atoms with Crippen molar-refractivity contribution in [1.29, 1.82) is 0 Å². The second-order valence-corrected chi connectivity index (χ2v) is 5.63. The molecule has 1 aromatic carbocycles. The number of nitrogens with two attached hydrogens (primary N) is 1. The second-order valence-electron chi connectivity index (χ2n) is 4.60. The zero-order valence-electron chi connectivity index (χ0n) is 9.23. The van der Waals surface area contributed by atoms with Crippen molar-refractivity contribution in [1.82, 2.24) is 4.98 Å². The number of nitrogens with one attached hydrogen (secondary N) is 1. The van der Waals surface area contributed by atoms with Gasteiger partial charge >= 0.3 is 0 Å². The topological polar surface area (TPSA) is 50.9 Å². The van der Waals surface area contributed by atoms with E-state index in [1.165, 1.54) is 6.42 Å². The number of hydrogen-bond acceptors (Lipinski definition) is 4. The highest BCUT2D eigenvalue weighted by atomic mass is 32.1. The molecule has 1 aromatic heterocycles. The summed E-state index contributed by atoms with van der Waals surface area (Å²) < 4.78 is 1.16. The third-order valence-corrected chi connectivity index (χ3v) is 4.18. The van der Waals surface area contributed by atoms with Crippen LogP contribution in [-0.4, -0.2) is 11.5 Å². The first-order valence-corrected chi connectivity index (χ1v) is 6.44. The normalized spacial score (nSPS) is 23.6. The Morgan fingerprint density at radius 2 is 2.38 bits per heavy atom. The molecule has 1 aliphatic rings. The molecule has 1 heterocycles. The molecule has 0 saturated heterocycles. The number of rotatable bonds is 3. The number of fused-ring (bicyclic) bond motifs is 1. The fourth-order valence-electron chi connectivity index (χ4n) is 1.92. The first-order chi connectivity index (χ1) is 7.72. The molecule has 0 aliphatic heterocycles. The van der Waals surface area contributed by atoms with Gasteiger partial charge in [-0.15, -0.1) is 0 Å². The molecule has 1 aliphatic carbocycles. The van der Waals surface area contributed by atoms with Gasteiger partial charge in [-0.25, -0.2) is 4.98 Å². The number of benzene rings is 1. The van der Waals surface area contributed by atoms with Gasteiger partial charge in [0.25, 0.3) is 0 Å². The van der Waals surface area contributed by atoms with E-state index in [2.05, 4.69) is 17.2 Å². The van der Waals surface area contributed by atoms with Crippen LogP contribution in [0.4, 0.5) is 10.8 Å². The van der Waals surface area contributed by atoms with Crippen molar-refractivity contribution in [2.75, 3.05) is 17.6 Å². The van der Waals surface area contributed by atoms with Gasteiger partial charge in [0.2, 0.25) is 0 Å². The summed E-state index contributed by atoms with van der Waals surface area (Å²) in [6, 6.07) is 5.86. The molecular formula is C12H15N3S. The molecule has 3 rings (SSSR count). The van der Waals surface area contributed by atoms with E-state index in [4.69, 9.17) is 5.73 Å². The number of nitrogens with zero attached hydrogens (tertiary/aromatic N) is 1. The predicted octanol–water partition coefficient (Wildman–Crippen LogP) is 2.95. The number of hydrogen-bond donors (Lipinski definition) is 2. The van der Waals surface area contributed by atoms with Gasteiger partial charge in [-0.1, -0.05) is 18.3 Å². The molecule has 84 valence electrons. The van der Waals surface area contributed by atoms with E-state index in [-0.39, 0.29) is 0 Å². The summed E-state index contributed by atoms with van der Waals surface area (Å²) in [4.78, 5) is 4.53. The largest absolute Gasteiger partial charge is 0.399 e. The van der Waals surface area contributed by atoms with E-state index in [1.807, 2.05) is 18.2 Å². The lowest BCUT2D eigenvalue weighted by Gasteiger charge is -1.98. The van der Waals surface area contributed by atoms with Crippen LogP contribution in [0.25, 0.3) is 10.2 Å². The second kappa shape index (κ2) is 3.63. The van der Waals surface area contributed by atoms with Gasteiger partial charge in [0.1, 0.15) is 0 Å². The van der Waals surface area contributed by atoms with E-state index < -0.39 is 0 Å². The molecule has 0 amide bonds. The number of aromatic nitrogens is 1. The maximum absolute atomic E-state index is 5.74. The molecule has 1 fully saturated rings. The maximum atomic E-state index is 5.74. The van der Waals surface area contributed by atoms with Gasteiger partial charge in [-0.05, 0) is 36.5 Å². The molecule has 3 nitrogen and oxygen atoms in total. The average molecular weight is 233 g/mol. The summed E-state index contributed by atoms with van der Waals surface area (Å²) in [6.07, 6.45) is 1.35. The first-order valence-electron chi connectivity index (χ1n) is 5.62. The fourth-order valence-corrected chi connectivity index (χ4v) is 2.84. The lowest BCUT2D eigenvalue weighted by molar-refractivity contribution is 0.787. The van der Waals surface area contributed by atoms with Crippen LogP contribution in [0.5, 0.6) is 0 Å². The minimum atomic E-state index is 0.804. The van der Waals surface area contributed by atoms with E-state index in [0.717, 1.165) is 39.4 Å². The molecule has 0 spiro atoms. The molecule has 0 radical (unpaired) electrons. The molecule has 0 bridgehead atoms. The highest BCUT2D eigenvalue weighted by Crippen LogP contribution is 2.38. The van der Waals surface area contributed by atoms with Gasteiger partial charge in [0, 0.05) is 12.2 Å². The molecule has 4 heteroatoms. The minimum Gasteiger partial charge on any atom is -0.399 e.